The first kappa shape index (κ1) is 20.3. The number of amides is 2. The molecule has 7 heteroatoms. The summed E-state index contributed by atoms with van der Waals surface area (Å²) in [5.74, 6) is 0.983. The normalized spacial score (nSPS) is 18.0. The van der Waals surface area contributed by atoms with Crippen molar-refractivity contribution >= 4 is 17.8 Å². The van der Waals surface area contributed by atoms with Gasteiger partial charge in [-0.25, -0.2) is 0 Å². The van der Waals surface area contributed by atoms with Crippen LogP contribution in [0.4, 0.5) is 0 Å². The summed E-state index contributed by atoms with van der Waals surface area (Å²) >= 11 is 0. The van der Waals surface area contributed by atoms with Crippen molar-refractivity contribution in [3.63, 3.8) is 0 Å². The lowest BCUT2D eigenvalue weighted by Gasteiger charge is -2.20. The minimum atomic E-state index is 0.0334. The Hall–Kier alpha value is -1.79. The van der Waals surface area contributed by atoms with Crippen molar-refractivity contribution in [2.75, 3.05) is 32.7 Å². The van der Waals surface area contributed by atoms with Gasteiger partial charge in [-0.15, -0.1) is 0 Å². The molecule has 0 aromatic heterocycles. The van der Waals surface area contributed by atoms with Gasteiger partial charge in [-0.05, 0) is 19.8 Å². The fourth-order valence-electron chi connectivity index (χ4n) is 2.58. The summed E-state index contributed by atoms with van der Waals surface area (Å²) in [6, 6.07) is 0.208. The molecule has 1 atom stereocenters. The van der Waals surface area contributed by atoms with Crippen molar-refractivity contribution in [3.05, 3.63) is 0 Å². The number of rotatable bonds is 8. The van der Waals surface area contributed by atoms with Crippen LogP contribution in [0.1, 0.15) is 47.0 Å². The predicted molar refractivity (Wildman–Crippen MR) is 96.9 cm³/mol. The minimum absolute atomic E-state index is 0.0334. The molecule has 7 nitrogen and oxygen atoms in total. The zero-order valence-corrected chi connectivity index (χ0v) is 15.5. The summed E-state index contributed by atoms with van der Waals surface area (Å²) in [5.41, 5.74) is 0. The maximum Gasteiger partial charge on any atom is 0.225 e. The van der Waals surface area contributed by atoms with Crippen LogP contribution in [0.2, 0.25) is 0 Å². The monoisotopic (exact) mass is 339 g/mol. The number of likely N-dealkylation sites (tertiary alicyclic amines) is 1. The summed E-state index contributed by atoms with van der Waals surface area (Å²) < 4.78 is 0. The van der Waals surface area contributed by atoms with E-state index in [4.69, 9.17) is 0 Å². The summed E-state index contributed by atoms with van der Waals surface area (Å²) in [4.78, 5) is 30.0. The molecule has 1 fully saturated rings. The first-order valence-corrected chi connectivity index (χ1v) is 9.08. The molecule has 1 aliphatic heterocycles. The minimum Gasteiger partial charge on any atom is -0.357 e. The Morgan fingerprint density at radius 2 is 2.00 bits per heavy atom. The lowest BCUT2D eigenvalue weighted by Crippen LogP contribution is -2.45. The fraction of sp³-hybridized carbons (Fsp3) is 0.824. The number of guanidine groups is 1. The maximum atomic E-state index is 12.0. The molecule has 0 aliphatic carbocycles. The summed E-state index contributed by atoms with van der Waals surface area (Å²) in [6.45, 7) is 11.3. The number of hydrogen-bond donors (Lipinski definition) is 3. The molecule has 0 radical (unpaired) electrons. The molecule has 0 aromatic rings. The van der Waals surface area contributed by atoms with Crippen LogP contribution in [0, 0.1) is 5.92 Å². The number of carbonyl (C=O) groups is 2. The van der Waals surface area contributed by atoms with Crippen LogP contribution in [-0.4, -0.2) is 61.4 Å². The van der Waals surface area contributed by atoms with Gasteiger partial charge in [0.1, 0.15) is 0 Å². The van der Waals surface area contributed by atoms with E-state index < -0.39 is 0 Å². The van der Waals surface area contributed by atoms with Crippen molar-refractivity contribution in [2.45, 2.75) is 53.0 Å². The molecular weight excluding hydrogens is 306 g/mol. The largest absolute Gasteiger partial charge is 0.357 e. The highest BCUT2D eigenvalue weighted by Gasteiger charge is 2.27. The number of nitrogens with zero attached hydrogens (tertiary/aromatic N) is 2. The Balaban J connectivity index is 2.44. The van der Waals surface area contributed by atoms with E-state index in [-0.39, 0.29) is 23.8 Å². The van der Waals surface area contributed by atoms with Gasteiger partial charge in [0.15, 0.2) is 5.96 Å². The molecule has 0 aromatic carbocycles. The van der Waals surface area contributed by atoms with E-state index in [0.29, 0.717) is 32.0 Å². The Morgan fingerprint density at radius 3 is 2.62 bits per heavy atom. The van der Waals surface area contributed by atoms with Crippen LogP contribution in [0.25, 0.3) is 0 Å². The fourth-order valence-corrected chi connectivity index (χ4v) is 2.58. The van der Waals surface area contributed by atoms with E-state index >= 15 is 0 Å². The summed E-state index contributed by atoms with van der Waals surface area (Å²) in [7, 11) is 0. The average Bonchev–Trinajstić information content (AvgIpc) is 3.00. The average molecular weight is 339 g/mol. The van der Waals surface area contributed by atoms with E-state index in [9.17, 15) is 9.59 Å². The van der Waals surface area contributed by atoms with Crippen molar-refractivity contribution in [3.8, 4) is 0 Å². The molecule has 1 heterocycles. The van der Waals surface area contributed by atoms with Gasteiger partial charge < -0.3 is 20.9 Å². The molecular formula is C17H33N5O2. The first-order chi connectivity index (χ1) is 11.5. The van der Waals surface area contributed by atoms with Crippen molar-refractivity contribution in [1.29, 1.82) is 0 Å². The van der Waals surface area contributed by atoms with Crippen LogP contribution in [-0.2, 0) is 9.59 Å². The highest BCUT2D eigenvalue weighted by atomic mass is 16.2. The summed E-state index contributed by atoms with van der Waals surface area (Å²) in [6.07, 6.45) is 2.24. The SMILES string of the molecule is CCCNC(=O)CCN=C(NCC)NC1CCN(C(=O)C(C)C)C1. The van der Waals surface area contributed by atoms with E-state index in [1.165, 1.54) is 0 Å². The number of hydrogen-bond acceptors (Lipinski definition) is 3. The number of aliphatic imine (C=N–C) groups is 1. The zero-order valence-electron chi connectivity index (χ0n) is 15.5. The van der Waals surface area contributed by atoms with E-state index in [1.54, 1.807) is 0 Å². The summed E-state index contributed by atoms with van der Waals surface area (Å²) in [5, 5.41) is 9.41. The van der Waals surface area contributed by atoms with Gasteiger partial charge in [-0.3, -0.25) is 14.6 Å². The van der Waals surface area contributed by atoms with Crippen LogP contribution >= 0.6 is 0 Å². The Bertz CT molecular complexity index is 437. The molecule has 0 spiro atoms. The molecule has 2 amide bonds. The third-order valence-electron chi connectivity index (χ3n) is 3.86. The lowest BCUT2D eigenvalue weighted by atomic mass is 10.2. The van der Waals surface area contributed by atoms with Crippen LogP contribution in [0.15, 0.2) is 4.99 Å². The van der Waals surface area contributed by atoms with Gasteiger partial charge in [-0.1, -0.05) is 20.8 Å². The van der Waals surface area contributed by atoms with Gasteiger partial charge in [0.2, 0.25) is 11.8 Å². The van der Waals surface area contributed by atoms with Gasteiger partial charge >= 0.3 is 0 Å². The molecule has 1 aliphatic rings. The van der Waals surface area contributed by atoms with E-state index in [0.717, 1.165) is 25.9 Å². The van der Waals surface area contributed by atoms with Crippen LogP contribution in [0.3, 0.4) is 0 Å². The van der Waals surface area contributed by atoms with Crippen LogP contribution < -0.4 is 16.0 Å². The molecule has 24 heavy (non-hydrogen) atoms. The molecule has 1 saturated heterocycles. The zero-order chi connectivity index (χ0) is 17.9. The molecule has 1 rings (SSSR count). The Labute approximate surface area is 145 Å². The van der Waals surface area contributed by atoms with Crippen molar-refractivity contribution in [2.24, 2.45) is 10.9 Å². The highest BCUT2D eigenvalue weighted by molar-refractivity contribution is 5.82. The topological polar surface area (TPSA) is 85.8 Å². The third-order valence-corrected chi connectivity index (χ3v) is 3.86. The second-order valence-electron chi connectivity index (χ2n) is 6.43. The van der Waals surface area contributed by atoms with Gasteiger partial charge in [-0.2, -0.15) is 0 Å². The van der Waals surface area contributed by atoms with Crippen molar-refractivity contribution in [1.82, 2.24) is 20.9 Å². The number of carbonyl (C=O) groups excluding carboxylic acids is 2. The molecule has 0 bridgehead atoms. The van der Waals surface area contributed by atoms with E-state index in [2.05, 4.69) is 20.9 Å². The Kier molecular flexibility index (Phi) is 9.19. The van der Waals surface area contributed by atoms with Gasteiger partial charge in [0, 0.05) is 44.6 Å². The molecule has 1 unspecified atom stereocenters. The molecule has 3 N–H and O–H groups in total. The van der Waals surface area contributed by atoms with Gasteiger partial charge in [0.25, 0.3) is 0 Å². The standard InChI is InChI=1S/C17H33N5O2/c1-5-9-19-15(23)7-10-20-17(18-6-2)21-14-8-11-22(12-14)16(24)13(3)4/h13-14H,5-12H2,1-4H3,(H,19,23)(H2,18,20,21). The third kappa shape index (κ3) is 7.19. The molecule has 0 saturated carbocycles. The lowest BCUT2D eigenvalue weighted by molar-refractivity contribution is -0.133. The second-order valence-corrected chi connectivity index (χ2v) is 6.43. The smallest absolute Gasteiger partial charge is 0.225 e. The Morgan fingerprint density at radius 1 is 1.25 bits per heavy atom. The van der Waals surface area contributed by atoms with Crippen LogP contribution in [0.5, 0.6) is 0 Å². The second kappa shape index (κ2) is 10.9. The quantitative estimate of drug-likeness (QED) is 0.449. The maximum absolute atomic E-state index is 12.0. The van der Waals surface area contributed by atoms with Gasteiger partial charge in [0.05, 0.1) is 6.54 Å². The predicted octanol–water partition coefficient (Wildman–Crippen LogP) is 0.715. The van der Waals surface area contributed by atoms with Crippen molar-refractivity contribution < 1.29 is 9.59 Å². The number of nitrogens with one attached hydrogen (secondary N) is 3. The first-order valence-electron chi connectivity index (χ1n) is 9.08. The molecule has 138 valence electrons. The highest BCUT2D eigenvalue weighted by Crippen LogP contribution is 2.12. The van der Waals surface area contributed by atoms with E-state index in [1.807, 2.05) is 32.6 Å².